The van der Waals surface area contributed by atoms with E-state index in [0.29, 0.717) is 12.1 Å². The first-order chi connectivity index (χ1) is 16.7. The Hall–Kier alpha value is -3.84. The summed E-state index contributed by atoms with van der Waals surface area (Å²) in [6, 6.07) is 17.8. The number of aliphatic hydroxyl groups is 2. The molecule has 0 spiro atoms. The number of Topliss-reactive ketones (excluding diaryl/α,β-unsaturated/α-hetero) is 1. The number of rotatable bonds is 7. The number of nitrogens with zero attached hydrogens (tertiary/aromatic N) is 1. The van der Waals surface area contributed by atoms with Crippen molar-refractivity contribution in [3.05, 3.63) is 88.9 Å². The number of benzene rings is 2. The number of primary amides is 1. The number of furan rings is 1. The van der Waals surface area contributed by atoms with Crippen molar-refractivity contribution in [1.29, 1.82) is 0 Å². The molecule has 35 heavy (non-hydrogen) atoms. The van der Waals surface area contributed by atoms with Gasteiger partial charge in [-0.05, 0) is 60.9 Å². The molecule has 2 unspecified atom stereocenters. The molecule has 2 aromatic carbocycles. The minimum atomic E-state index is -1.48. The highest BCUT2D eigenvalue weighted by Crippen LogP contribution is 2.44. The first kappa shape index (κ1) is 24.3. The van der Waals surface area contributed by atoms with E-state index in [0.717, 1.165) is 28.2 Å². The van der Waals surface area contributed by atoms with Crippen molar-refractivity contribution in [3.8, 4) is 11.3 Å². The first-order valence-electron chi connectivity index (χ1n) is 11.7. The fourth-order valence-corrected chi connectivity index (χ4v) is 4.53. The van der Waals surface area contributed by atoms with Crippen LogP contribution >= 0.6 is 0 Å². The number of carbonyl (C=O) groups excluding carboxylic acids is 2. The van der Waals surface area contributed by atoms with E-state index in [2.05, 4.69) is 0 Å². The molecule has 0 radical (unpaired) electrons. The van der Waals surface area contributed by atoms with Crippen molar-refractivity contribution >= 4 is 17.4 Å². The van der Waals surface area contributed by atoms with Crippen LogP contribution in [0.3, 0.4) is 0 Å². The van der Waals surface area contributed by atoms with Crippen molar-refractivity contribution in [2.75, 3.05) is 4.90 Å². The van der Waals surface area contributed by atoms with Crippen LogP contribution in [0, 0.1) is 12.8 Å². The molecule has 1 amide bonds. The van der Waals surface area contributed by atoms with Crippen molar-refractivity contribution < 1.29 is 24.2 Å². The van der Waals surface area contributed by atoms with Gasteiger partial charge >= 0.3 is 0 Å². The molecular weight excluding hydrogens is 444 g/mol. The number of hydrogen-bond acceptors (Lipinski definition) is 6. The zero-order valence-electron chi connectivity index (χ0n) is 20.1. The summed E-state index contributed by atoms with van der Waals surface area (Å²) < 4.78 is 5.70. The van der Waals surface area contributed by atoms with Crippen LogP contribution in [0.5, 0.6) is 0 Å². The number of aryl methyl sites for hydroxylation is 2. The van der Waals surface area contributed by atoms with Crippen molar-refractivity contribution in [3.63, 3.8) is 0 Å². The highest BCUT2D eigenvalue weighted by molar-refractivity contribution is 6.06. The molecule has 182 valence electrons. The molecule has 2 atom stereocenters. The molecule has 1 saturated heterocycles. The van der Waals surface area contributed by atoms with E-state index in [-0.39, 0.29) is 23.7 Å². The van der Waals surface area contributed by atoms with Crippen LogP contribution in [-0.4, -0.2) is 28.1 Å². The summed E-state index contributed by atoms with van der Waals surface area (Å²) in [7, 11) is 0. The molecule has 4 N–H and O–H groups in total. The monoisotopic (exact) mass is 474 g/mol. The van der Waals surface area contributed by atoms with Crippen LogP contribution in [-0.2, 0) is 16.0 Å². The van der Waals surface area contributed by atoms with Crippen molar-refractivity contribution in [2.45, 2.75) is 45.9 Å². The summed E-state index contributed by atoms with van der Waals surface area (Å²) in [5.41, 5.74) is 8.56. The maximum absolute atomic E-state index is 13.3. The van der Waals surface area contributed by atoms with Gasteiger partial charge in [0, 0.05) is 23.6 Å². The predicted molar refractivity (Wildman–Crippen MR) is 134 cm³/mol. The zero-order chi connectivity index (χ0) is 25.3. The van der Waals surface area contributed by atoms with E-state index in [1.165, 1.54) is 0 Å². The average molecular weight is 475 g/mol. The molecule has 7 nitrogen and oxygen atoms in total. The largest absolute Gasteiger partial charge is 0.512 e. The third kappa shape index (κ3) is 4.72. The molecule has 1 aliphatic rings. The second-order valence-corrected chi connectivity index (χ2v) is 9.12. The van der Waals surface area contributed by atoms with Gasteiger partial charge in [0.2, 0.25) is 11.7 Å². The normalized spacial score (nSPS) is 19.5. The van der Waals surface area contributed by atoms with Crippen LogP contribution in [0.15, 0.2) is 76.4 Å². The Morgan fingerprint density at radius 2 is 1.77 bits per heavy atom. The molecule has 0 saturated carbocycles. The number of carbonyl (C=O) groups is 2. The molecule has 3 aromatic rings. The Morgan fingerprint density at radius 3 is 2.37 bits per heavy atom. The molecule has 0 aliphatic carbocycles. The van der Waals surface area contributed by atoms with Gasteiger partial charge in [-0.2, -0.15) is 0 Å². The second-order valence-electron chi connectivity index (χ2n) is 9.12. The molecule has 1 aromatic heterocycles. The number of hydrogen-bond donors (Lipinski definition) is 3. The van der Waals surface area contributed by atoms with E-state index in [9.17, 15) is 19.8 Å². The Labute approximate surface area is 204 Å². The van der Waals surface area contributed by atoms with Crippen LogP contribution in [0.2, 0.25) is 0 Å². The van der Waals surface area contributed by atoms with Gasteiger partial charge in [0.15, 0.2) is 6.23 Å². The molecule has 7 heteroatoms. The van der Waals surface area contributed by atoms with E-state index in [4.69, 9.17) is 10.2 Å². The van der Waals surface area contributed by atoms with E-state index in [1.807, 2.05) is 67.6 Å². The molecule has 1 fully saturated rings. The third-order valence-corrected chi connectivity index (χ3v) is 6.32. The Balaban J connectivity index is 1.84. The predicted octanol–water partition coefficient (Wildman–Crippen LogP) is 4.59. The summed E-state index contributed by atoms with van der Waals surface area (Å²) in [6.45, 7) is 5.46. The standard InChI is InChI=1S/C28H30N2O5/c1-16(2)26(32)24-25(21-7-5-4-6-18(21)11-15-23(29)31)30(28(34)27(24)33)20-12-9-19(10-13-20)22-14-8-17(3)35-22/h4-10,12-14,16,25,28,32,34H,11,15H2,1-3H3,(H2,29,31). The van der Waals surface area contributed by atoms with Crippen LogP contribution in [0.4, 0.5) is 5.69 Å². The summed E-state index contributed by atoms with van der Waals surface area (Å²) >= 11 is 0. The van der Waals surface area contributed by atoms with Gasteiger partial charge in [-0.15, -0.1) is 0 Å². The van der Waals surface area contributed by atoms with Crippen LogP contribution in [0.1, 0.15) is 43.2 Å². The minimum Gasteiger partial charge on any atom is -0.512 e. The van der Waals surface area contributed by atoms with Crippen LogP contribution < -0.4 is 10.6 Å². The first-order valence-corrected chi connectivity index (χ1v) is 11.7. The van der Waals surface area contributed by atoms with Gasteiger partial charge in [0.25, 0.3) is 0 Å². The Bertz CT molecular complexity index is 1270. The Morgan fingerprint density at radius 1 is 1.09 bits per heavy atom. The average Bonchev–Trinajstić information content (AvgIpc) is 3.38. The lowest BCUT2D eigenvalue weighted by Gasteiger charge is -2.31. The van der Waals surface area contributed by atoms with Crippen molar-refractivity contribution in [2.24, 2.45) is 11.7 Å². The van der Waals surface area contributed by atoms with E-state index >= 15 is 0 Å². The van der Waals surface area contributed by atoms with Gasteiger partial charge in [0.05, 0.1) is 11.6 Å². The van der Waals surface area contributed by atoms with Gasteiger partial charge in [-0.25, -0.2) is 0 Å². The van der Waals surface area contributed by atoms with E-state index in [1.54, 1.807) is 18.7 Å². The topological polar surface area (TPSA) is 117 Å². The zero-order valence-corrected chi connectivity index (χ0v) is 20.1. The Kier molecular flexibility index (Phi) is 6.80. The molecular formula is C28H30N2O5. The van der Waals surface area contributed by atoms with Crippen LogP contribution in [0.25, 0.3) is 11.3 Å². The SMILES string of the molecule is Cc1ccc(-c2ccc(N3C(O)C(=O)C(=C(O)C(C)C)C3c3ccccc3CCC(N)=O)cc2)o1. The fraction of sp³-hybridized carbons (Fsp3) is 0.286. The maximum atomic E-state index is 13.3. The molecule has 1 aliphatic heterocycles. The summed E-state index contributed by atoms with van der Waals surface area (Å²) in [4.78, 5) is 26.4. The third-order valence-electron chi connectivity index (χ3n) is 6.32. The van der Waals surface area contributed by atoms with Gasteiger partial charge in [-0.3, -0.25) is 9.59 Å². The lowest BCUT2D eigenvalue weighted by molar-refractivity contribution is -0.121. The maximum Gasteiger partial charge on any atom is 0.217 e. The number of ketones is 1. The molecule has 4 rings (SSSR count). The summed E-state index contributed by atoms with van der Waals surface area (Å²) in [5.74, 6) is 0.176. The lowest BCUT2D eigenvalue weighted by Crippen LogP contribution is -2.34. The van der Waals surface area contributed by atoms with E-state index < -0.39 is 24.0 Å². The quantitative estimate of drug-likeness (QED) is 0.341. The highest BCUT2D eigenvalue weighted by atomic mass is 16.3. The second kappa shape index (κ2) is 9.80. The molecule has 2 heterocycles. The van der Waals surface area contributed by atoms with Crippen molar-refractivity contribution in [1.82, 2.24) is 0 Å². The highest BCUT2D eigenvalue weighted by Gasteiger charge is 2.47. The van der Waals surface area contributed by atoms with Gasteiger partial charge < -0.3 is 25.3 Å². The number of amides is 1. The molecule has 0 bridgehead atoms. The summed E-state index contributed by atoms with van der Waals surface area (Å²) in [6.07, 6.45) is -0.948. The van der Waals surface area contributed by atoms with Gasteiger partial charge in [-0.1, -0.05) is 38.1 Å². The fourth-order valence-electron chi connectivity index (χ4n) is 4.53. The summed E-state index contributed by atoms with van der Waals surface area (Å²) in [5, 5.41) is 22.0. The van der Waals surface area contributed by atoms with Gasteiger partial charge in [0.1, 0.15) is 17.3 Å². The number of nitrogens with two attached hydrogens (primary N) is 1. The number of aliphatic hydroxyl groups excluding tert-OH is 2. The lowest BCUT2D eigenvalue weighted by atomic mass is 9.89. The number of allylic oxidation sites excluding steroid dienone is 1. The number of anilines is 1. The minimum absolute atomic E-state index is 0.0612. The smallest absolute Gasteiger partial charge is 0.217 e.